The molecule has 32 heavy (non-hydrogen) atoms. The topological polar surface area (TPSA) is 119 Å². The van der Waals surface area contributed by atoms with Gasteiger partial charge in [0.15, 0.2) is 9.84 Å². The van der Waals surface area contributed by atoms with Crippen LogP contribution in [0.4, 0.5) is 5.82 Å². The summed E-state index contributed by atoms with van der Waals surface area (Å²) in [4.78, 5) is 17.2. The smallest absolute Gasteiger partial charge is 0.257 e. The van der Waals surface area contributed by atoms with Crippen LogP contribution in [0, 0.1) is 6.92 Å². The maximum absolute atomic E-state index is 12.8. The Labute approximate surface area is 184 Å². The number of fused-ring (bicyclic) bond motifs is 1. The molecule has 0 unspecified atom stereocenters. The Morgan fingerprint density at radius 2 is 1.88 bits per heavy atom. The average Bonchev–Trinajstić information content (AvgIpc) is 3.14. The van der Waals surface area contributed by atoms with Crippen molar-refractivity contribution in [3.8, 4) is 11.5 Å². The molecule has 0 atom stereocenters. The Kier molecular flexibility index (Phi) is 5.68. The number of anilines is 1. The highest BCUT2D eigenvalue weighted by Gasteiger charge is 2.16. The van der Waals surface area contributed by atoms with Crippen LogP contribution in [0.1, 0.15) is 21.8 Å². The Balaban J connectivity index is 1.67. The van der Waals surface area contributed by atoms with E-state index in [-0.39, 0.29) is 17.1 Å². The molecule has 2 aromatic carbocycles. The van der Waals surface area contributed by atoms with Gasteiger partial charge in [-0.25, -0.2) is 13.4 Å². The molecule has 0 aliphatic rings. The lowest BCUT2D eigenvalue weighted by molar-refractivity contribution is 0.102. The first-order chi connectivity index (χ1) is 15.2. The predicted octanol–water partition coefficient (Wildman–Crippen LogP) is 4.08. The maximum Gasteiger partial charge on any atom is 0.257 e. The van der Waals surface area contributed by atoms with Gasteiger partial charge in [-0.2, -0.15) is 0 Å². The van der Waals surface area contributed by atoms with Gasteiger partial charge >= 0.3 is 0 Å². The van der Waals surface area contributed by atoms with Gasteiger partial charge in [0, 0.05) is 11.8 Å². The van der Waals surface area contributed by atoms with Crippen molar-refractivity contribution in [1.82, 2.24) is 4.98 Å². The van der Waals surface area contributed by atoms with Crippen LogP contribution < -0.4 is 10.1 Å². The monoisotopic (exact) mass is 452 g/mol. The molecule has 2 heterocycles. The number of nitrogens with one attached hydrogen (secondary N) is 1. The van der Waals surface area contributed by atoms with Crippen molar-refractivity contribution < 1.29 is 27.5 Å². The second kappa shape index (κ2) is 8.45. The standard InChI is InChI=1S/C23H20N2O6S/c1-14-10-19-20(30-14)11-15(23(27)25-22-5-3-4-16(13-26)24-22)12-21(19)31-17-6-8-18(9-7-17)32(2,28)29/h3-12,26H,13H2,1-2H3,(H,24,25,27). The van der Waals surface area contributed by atoms with Crippen molar-refractivity contribution in [3.63, 3.8) is 0 Å². The summed E-state index contributed by atoms with van der Waals surface area (Å²) in [6, 6.07) is 15.9. The number of rotatable bonds is 6. The molecule has 0 spiro atoms. The highest BCUT2D eigenvalue weighted by Crippen LogP contribution is 2.34. The second-order valence-corrected chi connectivity index (χ2v) is 9.23. The number of aryl methyl sites for hydroxylation is 1. The van der Waals surface area contributed by atoms with E-state index in [1.54, 1.807) is 55.5 Å². The Bertz CT molecular complexity index is 1410. The van der Waals surface area contributed by atoms with Crippen LogP contribution in [0.2, 0.25) is 0 Å². The number of hydrogen-bond donors (Lipinski definition) is 2. The van der Waals surface area contributed by atoms with Gasteiger partial charge in [-0.1, -0.05) is 6.07 Å². The van der Waals surface area contributed by atoms with E-state index in [0.717, 1.165) is 6.26 Å². The van der Waals surface area contributed by atoms with E-state index in [9.17, 15) is 18.3 Å². The van der Waals surface area contributed by atoms with E-state index in [2.05, 4.69) is 10.3 Å². The average molecular weight is 452 g/mol. The van der Waals surface area contributed by atoms with Crippen molar-refractivity contribution in [1.29, 1.82) is 0 Å². The molecule has 0 saturated carbocycles. The van der Waals surface area contributed by atoms with Crippen LogP contribution in [0.3, 0.4) is 0 Å². The number of carbonyl (C=O) groups excluding carboxylic acids is 1. The molecule has 4 aromatic rings. The van der Waals surface area contributed by atoms with Gasteiger partial charge in [-0.15, -0.1) is 0 Å². The molecule has 0 aliphatic carbocycles. The van der Waals surface area contributed by atoms with Crippen molar-refractivity contribution in [2.45, 2.75) is 18.4 Å². The number of pyridine rings is 1. The van der Waals surface area contributed by atoms with E-state index in [1.165, 1.54) is 12.1 Å². The van der Waals surface area contributed by atoms with E-state index in [1.807, 2.05) is 0 Å². The molecule has 2 aromatic heterocycles. The number of carbonyl (C=O) groups is 1. The maximum atomic E-state index is 12.8. The number of furan rings is 1. The number of sulfone groups is 1. The lowest BCUT2D eigenvalue weighted by atomic mass is 10.1. The summed E-state index contributed by atoms with van der Waals surface area (Å²) >= 11 is 0. The van der Waals surface area contributed by atoms with Crippen LogP contribution in [-0.2, 0) is 16.4 Å². The van der Waals surface area contributed by atoms with Crippen LogP contribution in [0.25, 0.3) is 11.0 Å². The highest BCUT2D eigenvalue weighted by molar-refractivity contribution is 7.90. The summed E-state index contributed by atoms with van der Waals surface area (Å²) in [5, 5.41) is 12.6. The number of nitrogens with zero attached hydrogens (tertiary/aromatic N) is 1. The second-order valence-electron chi connectivity index (χ2n) is 7.22. The normalized spacial score (nSPS) is 11.5. The molecule has 8 nitrogen and oxygen atoms in total. The van der Waals surface area contributed by atoms with Crippen molar-refractivity contribution in [3.05, 3.63) is 77.7 Å². The molecule has 0 aliphatic heterocycles. The highest BCUT2D eigenvalue weighted by atomic mass is 32.2. The number of hydrogen-bond acceptors (Lipinski definition) is 7. The van der Waals surface area contributed by atoms with Crippen LogP contribution >= 0.6 is 0 Å². The Morgan fingerprint density at radius 3 is 2.56 bits per heavy atom. The molecular weight excluding hydrogens is 432 g/mol. The van der Waals surface area contributed by atoms with E-state index in [0.29, 0.717) is 39.7 Å². The number of aliphatic hydroxyl groups is 1. The van der Waals surface area contributed by atoms with Gasteiger partial charge in [0.1, 0.15) is 28.7 Å². The zero-order valence-electron chi connectivity index (χ0n) is 17.3. The third-order valence-electron chi connectivity index (χ3n) is 4.67. The molecule has 0 bridgehead atoms. The summed E-state index contributed by atoms with van der Waals surface area (Å²) in [5.41, 5.74) is 1.18. The zero-order chi connectivity index (χ0) is 22.9. The van der Waals surface area contributed by atoms with Gasteiger partial charge in [0.25, 0.3) is 5.91 Å². The summed E-state index contributed by atoms with van der Waals surface area (Å²) in [6.07, 6.45) is 1.13. The van der Waals surface area contributed by atoms with Gasteiger partial charge in [0.05, 0.1) is 22.6 Å². The summed E-state index contributed by atoms with van der Waals surface area (Å²) in [5.74, 6) is 1.31. The number of aromatic nitrogens is 1. The van der Waals surface area contributed by atoms with Crippen molar-refractivity contribution in [2.24, 2.45) is 0 Å². The summed E-state index contributed by atoms with van der Waals surface area (Å²) < 4.78 is 35.0. The summed E-state index contributed by atoms with van der Waals surface area (Å²) in [6.45, 7) is 1.55. The SMILES string of the molecule is Cc1cc2c(Oc3ccc(S(C)(=O)=O)cc3)cc(C(=O)Nc3cccc(CO)n3)cc2o1. The molecule has 2 N–H and O–H groups in total. The van der Waals surface area contributed by atoms with E-state index >= 15 is 0 Å². The lowest BCUT2D eigenvalue weighted by Gasteiger charge is -2.10. The first-order valence-corrected chi connectivity index (χ1v) is 11.5. The molecular formula is C23H20N2O6S. The van der Waals surface area contributed by atoms with Crippen LogP contribution in [0.5, 0.6) is 11.5 Å². The van der Waals surface area contributed by atoms with Gasteiger partial charge < -0.3 is 19.6 Å². The van der Waals surface area contributed by atoms with Gasteiger partial charge in [0.2, 0.25) is 0 Å². The number of aliphatic hydroxyl groups excluding tert-OH is 1. The van der Waals surface area contributed by atoms with Crippen molar-refractivity contribution in [2.75, 3.05) is 11.6 Å². The molecule has 0 radical (unpaired) electrons. The van der Waals surface area contributed by atoms with Crippen molar-refractivity contribution >= 4 is 32.5 Å². The van der Waals surface area contributed by atoms with Gasteiger partial charge in [-0.3, -0.25) is 4.79 Å². The van der Waals surface area contributed by atoms with Crippen LogP contribution in [-0.4, -0.2) is 30.7 Å². The van der Waals surface area contributed by atoms with E-state index in [4.69, 9.17) is 9.15 Å². The molecule has 1 amide bonds. The Morgan fingerprint density at radius 1 is 1.12 bits per heavy atom. The third kappa shape index (κ3) is 4.63. The van der Waals surface area contributed by atoms with Gasteiger partial charge in [-0.05, 0) is 61.5 Å². The summed E-state index contributed by atoms with van der Waals surface area (Å²) in [7, 11) is -3.32. The quantitative estimate of drug-likeness (QED) is 0.452. The minimum Gasteiger partial charge on any atom is -0.461 e. The Hall–Kier alpha value is -3.69. The largest absolute Gasteiger partial charge is 0.461 e. The zero-order valence-corrected chi connectivity index (χ0v) is 18.1. The fourth-order valence-electron chi connectivity index (χ4n) is 3.16. The molecule has 164 valence electrons. The molecule has 0 saturated heterocycles. The predicted molar refractivity (Wildman–Crippen MR) is 119 cm³/mol. The van der Waals surface area contributed by atoms with E-state index < -0.39 is 15.7 Å². The lowest BCUT2D eigenvalue weighted by Crippen LogP contribution is -2.13. The fraction of sp³-hybridized carbons (Fsp3) is 0.130. The fourth-order valence-corrected chi connectivity index (χ4v) is 3.79. The molecule has 4 rings (SSSR count). The number of benzene rings is 2. The molecule has 0 fully saturated rings. The number of amides is 1. The minimum absolute atomic E-state index is 0.180. The van der Waals surface area contributed by atoms with Crippen LogP contribution in [0.15, 0.2) is 70.0 Å². The minimum atomic E-state index is -3.32. The third-order valence-corrected chi connectivity index (χ3v) is 5.80. The first-order valence-electron chi connectivity index (χ1n) is 9.63. The number of ether oxygens (including phenoxy) is 1. The first kappa shape index (κ1) is 21.5. The molecule has 9 heteroatoms.